The van der Waals surface area contributed by atoms with Gasteiger partial charge >= 0.3 is 0 Å². The van der Waals surface area contributed by atoms with Crippen molar-refractivity contribution in [2.24, 2.45) is 0 Å². The van der Waals surface area contributed by atoms with E-state index < -0.39 is 0 Å². The van der Waals surface area contributed by atoms with Gasteiger partial charge in [-0.25, -0.2) is 0 Å². The van der Waals surface area contributed by atoms with Crippen LogP contribution in [0.25, 0.3) is 22.3 Å². The topological polar surface area (TPSA) is 56.8 Å². The summed E-state index contributed by atoms with van der Waals surface area (Å²) in [5, 5.41) is 19.7. The highest BCUT2D eigenvalue weighted by Gasteiger charge is 2.16. The molecule has 0 aliphatic carbocycles. The molecule has 0 N–H and O–H groups in total. The molecule has 156 valence electrons. The molecule has 0 aliphatic rings. The molecule has 0 aliphatic heterocycles. The Bertz CT molecular complexity index is 1080. The molecule has 31 heavy (non-hydrogen) atoms. The molecule has 3 heteroatoms. The first-order valence-corrected chi connectivity index (χ1v) is 11.0. The highest BCUT2D eigenvalue weighted by Crippen LogP contribution is 2.33. The number of aryl methyl sites for hydroxylation is 1. The summed E-state index contributed by atoms with van der Waals surface area (Å²) in [6, 6.07) is 24.4. The number of ether oxygens (including phenoxy) is 1. The second kappa shape index (κ2) is 11.0. The lowest BCUT2D eigenvalue weighted by Gasteiger charge is -2.12. The number of hydrogen-bond acceptors (Lipinski definition) is 3. The maximum atomic E-state index is 9.88. The molecule has 0 saturated heterocycles. The lowest BCUT2D eigenvalue weighted by Crippen LogP contribution is -1.95. The Balaban J connectivity index is 1.91. The van der Waals surface area contributed by atoms with Crippen molar-refractivity contribution in [1.82, 2.24) is 0 Å². The minimum absolute atomic E-state index is 0.410. The Kier molecular flexibility index (Phi) is 7.85. The summed E-state index contributed by atoms with van der Waals surface area (Å²) >= 11 is 0. The van der Waals surface area contributed by atoms with Gasteiger partial charge in [-0.3, -0.25) is 0 Å². The molecular formula is C28H28N2O. The molecule has 0 heterocycles. The third kappa shape index (κ3) is 5.33. The zero-order chi connectivity index (χ0) is 22.1. The van der Waals surface area contributed by atoms with Gasteiger partial charge in [-0.2, -0.15) is 10.5 Å². The van der Waals surface area contributed by atoms with Crippen molar-refractivity contribution in [3.63, 3.8) is 0 Å². The molecule has 0 aromatic heterocycles. The maximum absolute atomic E-state index is 9.88. The zero-order valence-electron chi connectivity index (χ0n) is 18.3. The van der Waals surface area contributed by atoms with Crippen molar-refractivity contribution in [2.75, 3.05) is 6.61 Å². The molecular weight excluding hydrogens is 380 g/mol. The molecule has 0 atom stereocenters. The average molecular weight is 409 g/mol. The summed E-state index contributed by atoms with van der Waals surface area (Å²) in [6.45, 7) is 4.77. The van der Waals surface area contributed by atoms with Gasteiger partial charge in [0, 0.05) is 11.1 Å². The van der Waals surface area contributed by atoms with Crippen LogP contribution >= 0.6 is 0 Å². The molecule has 3 rings (SSSR count). The quantitative estimate of drug-likeness (QED) is 0.349. The molecule has 3 aromatic rings. The zero-order valence-corrected chi connectivity index (χ0v) is 18.3. The van der Waals surface area contributed by atoms with Crippen molar-refractivity contribution in [1.29, 1.82) is 10.5 Å². The maximum Gasteiger partial charge on any atom is 0.119 e. The first-order valence-electron chi connectivity index (χ1n) is 11.0. The molecule has 3 aromatic carbocycles. The van der Waals surface area contributed by atoms with Crippen molar-refractivity contribution < 1.29 is 4.74 Å². The number of unbranched alkanes of at least 4 members (excludes halogenated alkanes) is 3. The molecule has 3 nitrogen and oxygen atoms in total. The van der Waals surface area contributed by atoms with Crippen LogP contribution in [0.4, 0.5) is 0 Å². The predicted molar refractivity (Wildman–Crippen MR) is 126 cm³/mol. The summed E-state index contributed by atoms with van der Waals surface area (Å²) in [7, 11) is 0. The fourth-order valence-corrected chi connectivity index (χ4v) is 3.82. The van der Waals surface area contributed by atoms with E-state index in [4.69, 9.17) is 4.74 Å². The predicted octanol–water partition coefficient (Wildman–Crippen LogP) is 7.29. The third-order valence-corrected chi connectivity index (χ3v) is 5.49. The van der Waals surface area contributed by atoms with Gasteiger partial charge in [0.25, 0.3) is 0 Å². The van der Waals surface area contributed by atoms with Crippen LogP contribution in [0, 0.1) is 22.7 Å². The second-order valence-electron chi connectivity index (χ2n) is 7.60. The van der Waals surface area contributed by atoms with E-state index in [-0.39, 0.29) is 0 Å². The summed E-state index contributed by atoms with van der Waals surface area (Å²) in [4.78, 5) is 0. The van der Waals surface area contributed by atoms with Gasteiger partial charge in [0.2, 0.25) is 0 Å². The highest BCUT2D eigenvalue weighted by atomic mass is 16.5. The van der Waals surface area contributed by atoms with E-state index in [0.717, 1.165) is 34.4 Å². The van der Waals surface area contributed by atoms with Crippen LogP contribution in [0.3, 0.4) is 0 Å². The summed E-state index contributed by atoms with van der Waals surface area (Å²) < 4.78 is 5.50. The second-order valence-corrected chi connectivity index (χ2v) is 7.60. The summed E-state index contributed by atoms with van der Waals surface area (Å²) in [6.07, 6.45) is 6.05. The van der Waals surface area contributed by atoms with Crippen LogP contribution in [-0.2, 0) is 6.42 Å². The number of hydrogen-bond donors (Lipinski definition) is 0. The van der Waals surface area contributed by atoms with Crippen LogP contribution in [-0.4, -0.2) is 6.61 Å². The lowest BCUT2D eigenvalue weighted by atomic mass is 9.90. The van der Waals surface area contributed by atoms with Gasteiger partial charge in [-0.1, -0.05) is 74.7 Å². The van der Waals surface area contributed by atoms with Gasteiger partial charge in [0.1, 0.15) is 17.9 Å². The van der Waals surface area contributed by atoms with E-state index in [1.54, 1.807) is 0 Å². The fraction of sp³-hybridized carbons (Fsp3) is 0.286. The smallest absolute Gasteiger partial charge is 0.119 e. The number of benzene rings is 3. The average Bonchev–Trinajstić information content (AvgIpc) is 2.82. The normalized spacial score (nSPS) is 10.3. The summed E-state index contributed by atoms with van der Waals surface area (Å²) in [5.74, 6) is 0.789. The number of rotatable bonds is 9. The molecule has 0 spiro atoms. The van der Waals surface area contributed by atoms with Gasteiger partial charge in [0.05, 0.1) is 17.7 Å². The number of nitriles is 2. The van der Waals surface area contributed by atoms with E-state index in [1.165, 1.54) is 31.2 Å². The summed E-state index contributed by atoms with van der Waals surface area (Å²) in [5.41, 5.74) is 5.56. The van der Waals surface area contributed by atoms with E-state index in [0.29, 0.717) is 17.7 Å². The van der Waals surface area contributed by atoms with E-state index in [2.05, 4.69) is 43.3 Å². The Hall–Kier alpha value is -3.56. The van der Waals surface area contributed by atoms with Crippen LogP contribution < -0.4 is 4.74 Å². The minimum Gasteiger partial charge on any atom is -0.494 e. The van der Waals surface area contributed by atoms with E-state index in [1.807, 2.05) is 43.3 Å². The number of nitrogens with zero attached hydrogens (tertiary/aromatic N) is 2. The Morgan fingerprint density at radius 2 is 1.23 bits per heavy atom. The van der Waals surface area contributed by atoms with Crippen molar-refractivity contribution in [2.45, 2.75) is 46.0 Å². The van der Waals surface area contributed by atoms with Gasteiger partial charge in [-0.05, 0) is 48.6 Å². The van der Waals surface area contributed by atoms with Crippen LogP contribution in [0.5, 0.6) is 5.75 Å². The Morgan fingerprint density at radius 3 is 1.71 bits per heavy atom. The van der Waals surface area contributed by atoms with Crippen molar-refractivity contribution in [3.8, 4) is 40.1 Å². The molecule has 0 fully saturated rings. The molecule has 0 saturated carbocycles. The largest absolute Gasteiger partial charge is 0.494 e. The van der Waals surface area contributed by atoms with Gasteiger partial charge in [0.15, 0.2) is 0 Å². The van der Waals surface area contributed by atoms with Gasteiger partial charge < -0.3 is 4.74 Å². The van der Waals surface area contributed by atoms with Crippen molar-refractivity contribution >= 4 is 0 Å². The fourth-order valence-electron chi connectivity index (χ4n) is 3.82. The van der Waals surface area contributed by atoms with Crippen LogP contribution in [0.2, 0.25) is 0 Å². The first kappa shape index (κ1) is 22.1. The lowest BCUT2D eigenvalue weighted by molar-refractivity contribution is 0.340. The Labute approximate surface area is 185 Å². The monoisotopic (exact) mass is 408 g/mol. The molecule has 0 amide bonds. The molecule has 0 radical (unpaired) electrons. The molecule has 0 bridgehead atoms. The standard InChI is InChI=1S/C28H28N2O/c1-3-5-6-7-8-21-9-11-22(12-10-21)25-17-18-26(28(20-30)27(25)19-29)23-13-15-24(16-14-23)31-4-2/h9-18H,3-8H2,1-2H3. The van der Waals surface area contributed by atoms with E-state index >= 15 is 0 Å². The Morgan fingerprint density at radius 1 is 0.677 bits per heavy atom. The molecule has 0 unspecified atom stereocenters. The minimum atomic E-state index is 0.410. The van der Waals surface area contributed by atoms with Crippen LogP contribution in [0.1, 0.15) is 56.2 Å². The SMILES string of the molecule is CCCCCCc1ccc(-c2ccc(-c3ccc(OCC)cc3)c(C#N)c2C#N)cc1. The van der Waals surface area contributed by atoms with Crippen LogP contribution in [0.15, 0.2) is 60.7 Å². The first-order chi connectivity index (χ1) is 15.2. The van der Waals surface area contributed by atoms with Gasteiger partial charge in [-0.15, -0.1) is 0 Å². The van der Waals surface area contributed by atoms with E-state index in [9.17, 15) is 10.5 Å². The third-order valence-electron chi connectivity index (χ3n) is 5.49. The highest BCUT2D eigenvalue weighted by molar-refractivity contribution is 5.82. The van der Waals surface area contributed by atoms with Crippen molar-refractivity contribution in [3.05, 3.63) is 77.4 Å².